The van der Waals surface area contributed by atoms with Crippen LogP contribution in [0.15, 0.2) is 29.8 Å². The summed E-state index contributed by atoms with van der Waals surface area (Å²) in [4.78, 5) is 0. The van der Waals surface area contributed by atoms with Crippen molar-refractivity contribution in [2.45, 2.75) is 19.4 Å². The van der Waals surface area contributed by atoms with Gasteiger partial charge in [-0.15, -0.1) is 0 Å². The summed E-state index contributed by atoms with van der Waals surface area (Å²) in [5, 5.41) is 0. The van der Waals surface area contributed by atoms with Crippen molar-refractivity contribution in [3.63, 3.8) is 0 Å². The Labute approximate surface area is 84.4 Å². The van der Waals surface area contributed by atoms with E-state index in [1.165, 1.54) is 0 Å². The molecule has 0 saturated carbocycles. The van der Waals surface area contributed by atoms with E-state index in [-0.39, 0.29) is 5.60 Å². The van der Waals surface area contributed by atoms with E-state index in [0.29, 0.717) is 6.54 Å². The zero-order valence-corrected chi connectivity index (χ0v) is 8.58. The summed E-state index contributed by atoms with van der Waals surface area (Å²) < 4.78 is 5.87. The van der Waals surface area contributed by atoms with Gasteiger partial charge in [0.15, 0.2) is 0 Å². The first kappa shape index (κ1) is 9.28. The molecule has 1 aliphatic heterocycles. The molecule has 2 heteroatoms. The Balaban J connectivity index is 2.50. The van der Waals surface area contributed by atoms with Gasteiger partial charge in [-0.1, -0.05) is 18.2 Å². The molecule has 0 aromatic heterocycles. The van der Waals surface area contributed by atoms with Gasteiger partial charge in [0, 0.05) is 12.1 Å². The van der Waals surface area contributed by atoms with Crippen molar-refractivity contribution in [2.75, 3.05) is 6.54 Å². The summed E-state index contributed by atoms with van der Waals surface area (Å²) >= 11 is 0. The van der Waals surface area contributed by atoms with E-state index in [9.17, 15) is 0 Å². The monoisotopic (exact) mass is 189 g/mol. The van der Waals surface area contributed by atoms with Gasteiger partial charge < -0.3 is 10.5 Å². The molecule has 0 spiro atoms. The Morgan fingerprint density at radius 3 is 2.71 bits per heavy atom. The van der Waals surface area contributed by atoms with Gasteiger partial charge in [0.25, 0.3) is 0 Å². The van der Waals surface area contributed by atoms with E-state index in [2.05, 4.69) is 6.08 Å². The van der Waals surface area contributed by atoms with Crippen molar-refractivity contribution >= 4 is 6.08 Å². The maximum atomic E-state index is 5.87. The van der Waals surface area contributed by atoms with E-state index in [1.54, 1.807) is 0 Å². The van der Waals surface area contributed by atoms with Crippen molar-refractivity contribution < 1.29 is 4.74 Å². The molecular formula is C12H15NO. The molecule has 1 aromatic rings. The van der Waals surface area contributed by atoms with Crippen LogP contribution in [0.3, 0.4) is 0 Å². The molecule has 74 valence electrons. The van der Waals surface area contributed by atoms with E-state index in [4.69, 9.17) is 10.5 Å². The summed E-state index contributed by atoms with van der Waals surface area (Å²) in [6.07, 6.45) is 2.12. The molecule has 0 radical (unpaired) electrons. The molecule has 0 fully saturated rings. The highest BCUT2D eigenvalue weighted by Crippen LogP contribution is 2.34. The molecule has 2 rings (SSSR count). The maximum Gasteiger partial charge on any atom is 0.127 e. The second-order valence-corrected chi connectivity index (χ2v) is 4.02. The zero-order valence-electron chi connectivity index (χ0n) is 8.58. The summed E-state index contributed by atoms with van der Waals surface area (Å²) in [7, 11) is 0. The average Bonchev–Trinajstić information content (AvgIpc) is 2.15. The molecule has 0 saturated heterocycles. The molecule has 0 bridgehead atoms. The molecule has 2 nitrogen and oxygen atoms in total. The molecule has 1 heterocycles. The third-order valence-corrected chi connectivity index (χ3v) is 2.61. The quantitative estimate of drug-likeness (QED) is 0.735. The Kier molecular flexibility index (Phi) is 2.08. The smallest absolute Gasteiger partial charge is 0.127 e. The minimum atomic E-state index is -0.275. The first-order valence-electron chi connectivity index (χ1n) is 4.82. The fourth-order valence-electron chi connectivity index (χ4n) is 1.70. The lowest BCUT2D eigenvalue weighted by Gasteiger charge is -2.33. The van der Waals surface area contributed by atoms with E-state index in [0.717, 1.165) is 16.9 Å². The fraction of sp³-hybridized carbons (Fsp3) is 0.333. The van der Waals surface area contributed by atoms with E-state index >= 15 is 0 Å². The lowest BCUT2D eigenvalue weighted by molar-refractivity contribution is 0.144. The standard InChI is InChI=1S/C12H15NO/c1-12(2)10(8-13)7-9-5-3-4-6-11(9)14-12/h3-7H,8,13H2,1-2H3. The van der Waals surface area contributed by atoms with Gasteiger partial charge in [-0.3, -0.25) is 0 Å². The number of para-hydroxylation sites is 1. The van der Waals surface area contributed by atoms with Crippen LogP contribution >= 0.6 is 0 Å². The molecule has 0 amide bonds. The lowest BCUT2D eigenvalue weighted by Crippen LogP contribution is -2.36. The Morgan fingerprint density at radius 2 is 2.00 bits per heavy atom. The second-order valence-electron chi connectivity index (χ2n) is 4.02. The van der Waals surface area contributed by atoms with Crippen LogP contribution in [-0.2, 0) is 0 Å². The Bertz CT molecular complexity index is 380. The molecule has 0 atom stereocenters. The van der Waals surface area contributed by atoms with Crippen molar-refractivity contribution in [1.29, 1.82) is 0 Å². The van der Waals surface area contributed by atoms with Crippen LogP contribution in [-0.4, -0.2) is 12.1 Å². The minimum Gasteiger partial charge on any atom is -0.483 e. The Hall–Kier alpha value is -1.28. The zero-order chi connectivity index (χ0) is 10.2. The molecule has 2 N–H and O–H groups in total. The maximum absolute atomic E-state index is 5.87. The van der Waals surface area contributed by atoms with Gasteiger partial charge in [-0.2, -0.15) is 0 Å². The number of benzene rings is 1. The number of rotatable bonds is 1. The largest absolute Gasteiger partial charge is 0.483 e. The molecule has 14 heavy (non-hydrogen) atoms. The third kappa shape index (κ3) is 1.42. The molecule has 0 unspecified atom stereocenters. The van der Waals surface area contributed by atoms with Crippen LogP contribution in [0.1, 0.15) is 19.4 Å². The van der Waals surface area contributed by atoms with Gasteiger partial charge in [0.05, 0.1) is 0 Å². The summed E-state index contributed by atoms with van der Waals surface area (Å²) in [5.74, 6) is 0.940. The van der Waals surface area contributed by atoms with Crippen LogP contribution in [0.25, 0.3) is 6.08 Å². The van der Waals surface area contributed by atoms with Gasteiger partial charge in [-0.25, -0.2) is 0 Å². The SMILES string of the molecule is CC1(C)Oc2ccccc2C=C1CN. The van der Waals surface area contributed by atoms with Crippen molar-refractivity contribution in [2.24, 2.45) is 5.73 Å². The van der Waals surface area contributed by atoms with E-state index in [1.807, 2.05) is 38.1 Å². The van der Waals surface area contributed by atoms with Gasteiger partial charge in [-0.05, 0) is 31.6 Å². The number of nitrogens with two attached hydrogens (primary N) is 1. The minimum absolute atomic E-state index is 0.275. The molecule has 0 aliphatic carbocycles. The number of hydrogen-bond acceptors (Lipinski definition) is 2. The number of fused-ring (bicyclic) bond motifs is 1. The highest BCUT2D eigenvalue weighted by Gasteiger charge is 2.28. The predicted octanol–water partition coefficient (Wildman–Crippen LogP) is 2.20. The van der Waals surface area contributed by atoms with Gasteiger partial charge in [0.1, 0.15) is 11.4 Å². The summed E-state index contributed by atoms with van der Waals surface area (Å²) in [6.45, 7) is 4.63. The van der Waals surface area contributed by atoms with Gasteiger partial charge >= 0.3 is 0 Å². The molecule has 1 aliphatic rings. The van der Waals surface area contributed by atoms with Crippen LogP contribution in [0.2, 0.25) is 0 Å². The van der Waals surface area contributed by atoms with Crippen molar-refractivity contribution in [1.82, 2.24) is 0 Å². The Morgan fingerprint density at radius 1 is 1.29 bits per heavy atom. The molecule has 1 aromatic carbocycles. The van der Waals surface area contributed by atoms with Crippen LogP contribution in [0.5, 0.6) is 5.75 Å². The summed E-state index contributed by atoms with van der Waals surface area (Å²) in [5.41, 5.74) is 7.67. The van der Waals surface area contributed by atoms with Crippen molar-refractivity contribution in [3.05, 3.63) is 35.4 Å². The number of hydrogen-bond donors (Lipinski definition) is 1. The van der Waals surface area contributed by atoms with Crippen LogP contribution in [0.4, 0.5) is 0 Å². The predicted molar refractivity (Wildman–Crippen MR) is 58.2 cm³/mol. The molecular weight excluding hydrogens is 174 g/mol. The van der Waals surface area contributed by atoms with Crippen LogP contribution < -0.4 is 10.5 Å². The highest BCUT2D eigenvalue weighted by molar-refractivity contribution is 5.64. The van der Waals surface area contributed by atoms with Gasteiger partial charge in [0.2, 0.25) is 0 Å². The first-order chi connectivity index (χ1) is 6.63. The average molecular weight is 189 g/mol. The fourth-order valence-corrected chi connectivity index (χ4v) is 1.70. The second kappa shape index (κ2) is 3.14. The number of ether oxygens (including phenoxy) is 1. The van der Waals surface area contributed by atoms with E-state index < -0.39 is 0 Å². The first-order valence-corrected chi connectivity index (χ1v) is 4.82. The normalized spacial score (nSPS) is 18.1. The third-order valence-electron chi connectivity index (χ3n) is 2.61. The van der Waals surface area contributed by atoms with Crippen molar-refractivity contribution in [3.8, 4) is 5.75 Å². The summed E-state index contributed by atoms with van der Waals surface area (Å²) in [6, 6.07) is 8.02. The highest BCUT2D eigenvalue weighted by atomic mass is 16.5. The van der Waals surface area contributed by atoms with Crippen LogP contribution in [0, 0.1) is 0 Å². The lowest BCUT2D eigenvalue weighted by atomic mass is 9.92. The topological polar surface area (TPSA) is 35.2 Å².